The van der Waals surface area contributed by atoms with Gasteiger partial charge in [0, 0.05) is 12.8 Å². The second kappa shape index (κ2) is 75.7. The molecule has 0 fully saturated rings. The summed E-state index contributed by atoms with van der Waals surface area (Å²) >= 11 is 0. The molecule has 548 valence electrons. The lowest BCUT2D eigenvalue weighted by Gasteiger charge is -2.25. The Kier molecular flexibility index (Phi) is 72.5. The standard InChI is InChI=1S/C86H151NO8/c1-6-8-10-12-14-16-18-20-22-24-26-28-30-32-34-36-38-39-40-41-42-43-44-45-47-48-50-52-54-56-58-60-62-64-66-68-70-72-74-76-83(88)93-80-82(81-94-86(85(90)91)92-79-78-87(3,4)5)95-84(89)77-75-73-71-69-67-65-63-61-59-57-55-53-51-49-46-37-35-33-31-29-27-25-23-21-19-17-15-13-11-9-7-2/h9,11,15,17,21,23-24,26-27,29,33,35,46,49,53,55,59,61,82,86H,6-8,10,12-14,16,18-20,22,25,28,30-32,34,36-45,47-48,50-52,54,56-58,60,62-81H2,1-5H3/p+1/b11-9-,17-15-,23-21-,26-24-,29-27-,35-33-,49-46-,55-53-,61-59-. The molecular weight excluding hydrogens is 1170 g/mol. The van der Waals surface area contributed by atoms with Crippen molar-refractivity contribution in [3.8, 4) is 0 Å². The number of nitrogens with zero attached hydrogens (tertiary/aromatic N) is 1. The van der Waals surface area contributed by atoms with Crippen LogP contribution in [-0.4, -0.2) is 87.4 Å². The minimum atomic E-state index is -1.52. The Bertz CT molecular complexity index is 1930. The van der Waals surface area contributed by atoms with Gasteiger partial charge < -0.3 is 28.5 Å². The van der Waals surface area contributed by atoms with Crippen molar-refractivity contribution in [1.82, 2.24) is 0 Å². The lowest BCUT2D eigenvalue weighted by atomic mass is 10.0. The monoisotopic (exact) mass is 1330 g/mol. The topological polar surface area (TPSA) is 108 Å². The number of rotatable bonds is 74. The van der Waals surface area contributed by atoms with Gasteiger partial charge in [-0.15, -0.1) is 0 Å². The van der Waals surface area contributed by atoms with E-state index in [0.717, 1.165) is 109 Å². The van der Waals surface area contributed by atoms with Gasteiger partial charge in [-0.3, -0.25) is 9.59 Å². The second-order valence-electron chi connectivity index (χ2n) is 28.0. The smallest absolute Gasteiger partial charge is 0.361 e. The first-order chi connectivity index (χ1) is 46.6. The molecule has 2 unspecified atom stereocenters. The zero-order chi connectivity index (χ0) is 69.0. The van der Waals surface area contributed by atoms with Crippen molar-refractivity contribution in [2.45, 2.75) is 373 Å². The van der Waals surface area contributed by atoms with Crippen LogP contribution in [0.2, 0.25) is 0 Å². The van der Waals surface area contributed by atoms with Crippen molar-refractivity contribution < 1.29 is 42.9 Å². The Hall–Kier alpha value is -4.05. The number of ether oxygens (including phenoxy) is 4. The fourth-order valence-electron chi connectivity index (χ4n) is 11.4. The van der Waals surface area contributed by atoms with E-state index in [-0.39, 0.29) is 32.2 Å². The predicted octanol–water partition coefficient (Wildman–Crippen LogP) is 25.7. The van der Waals surface area contributed by atoms with E-state index in [2.05, 4.69) is 123 Å². The molecule has 0 heterocycles. The van der Waals surface area contributed by atoms with Gasteiger partial charge in [-0.25, -0.2) is 4.79 Å². The lowest BCUT2D eigenvalue weighted by molar-refractivity contribution is -0.870. The first-order valence-electron chi connectivity index (χ1n) is 40.1. The molecule has 0 aliphatic heterocycles. The molecule has 0 aromatic carbocycles. The number of carbonyl (C=O) groups excluding carboxylic acids is 2. The Morgan fingerprint density at radius 1 is 0.326 bits per heavy atom. The summed E-state index contributed by atoms with van der Waals surface area (Å²) in [6.45, 7) is 4.78. The van der Waals surface area contributed by atoms with Crippen LogP contribution in [-0.2, 0) is 33.3 Å². The molecule has 0 aliphatic carbocycles. The van der Waals surface area contributed by atoms with Gasteiger partial charge in [0.05, 0.1) is 34.4 Å². The van der Waals surface area contributed by atoms with Crippen LogP contribution in [0.15, 0.2) is 109 Å². The van der Waals surface area contributed by atoms with Crippen molar-refractivity contribution in [2.24, 2.45) is 0 Å². The third-order valence-corrected chi connectivity index (χ3v) is 17.5. The fourth-order valence-corrected chi connectivity index (χ4v) is 11.4. The van der Waals surface area contributed by atoms with E-state index in [9.17, 15) is 19.5 Å². The molecule has 95 heavy (non-hydrogen) atoms. The SMILES string of the molecule is CC/C=C\C/C=C\C/C=C\C/C=C\C/C=C\C/C=C\C/C=C\C/C=C\CCCCCCCCC(=O)OC(COC(=O)CCCCCCCCCCCCCCCCCCCCCCCCCCCCC/C=C\CCCCCCCCCC)COC(OCC[N+](C)(C)C)C(=O)O. The van der Waals surface area contributed by atoms with E-state index in [1.165, 1.54) is 218 Å². The molecule has 0 radical (unpaired) electrons. The van der Waals surface area contributed by atoms with Crippen LogP contribution in [0, 0.1) is 0 Å². The highest BCUT2D eigenvalue weighted by Crippen LogP contribution is 2.19. The van der Waals surface area contributed by atoms with Gasteiger partial charge in [-0.2, -0.15) is 0 Å². The molecular formula is C86H152NO8+. The van der Waals surface area contributed by atoms with Crippen LogP contribution in [0.5, 0.6) is 0 Å². The van der Waals surface area contributed by atoms with Crippen molar-refractivity contribution in [3.63, 3.8) is 0 Å². The maximum absolute atomic E-state index is 13.0. The number of hydrogen-bond donors (Lipinski definition) is 1. The minimum Gasteiger partial charge on any atom is -0.477 e. The quantitative estimate of drug-likeness (QED) is 0.0211. The fraction of sp³-hybridized carbons (Fsp3) is 0.756. The molecule has 0 bridgehead atoms. The number of allylic oxidation sites excluding steroid dienone is 18. The summed E-state index contributed by atoms with van der Waals surface area (Å²) in [5, 5.41) is 9.77. The van der Waals surface area contributed by atoms with Gasteiger partial charge in [0.15, 0.2) is 6.10 Å². The van der Waals surface area contributed by atoms with Crippen LogP contribution in [0.4, 0.5) is 0 Å². The Balaban J connectivity index is 4.04. The van der Waals surface area contributed by atoms with Gasteiger partial charge in [0.2, 0.25) is 0 Å². The maximum Gasteiger partial charge on any atom is 0.361 e. The maximum atomic E-state index is 13.0. The van der Waals surface area contributed by atoms with Crippen LogP contribution < -0.4 is 0 Å². The number of hydrogen-bond acceptors (Lipinski definition) is 7. The zero-order valence-electron chi connectivity index (χ0n) is 62.8. The number of quaternary nitrogens is 1. The minimum absolute atomic E-state index is 0.181. The lowest BCUT2D eigenvalue weighted by Crippen LogP contribution is -2.40. The highest BCUT2D eigenvalue weighted by Gasteiger charge is 2.25. The van der Waals surface area contributed by atoms with Crippen molar-refractivity contribution >= 4 is 17.9 Å². The molecule has 9 heteroatoms. The number of carbonyl (C=O) groups is 3. The van der Waals surface area contributed by atoms with Crippen LogP contribution in [0.1, 0.15) is 361 Å². The van der Waals surface area contributed by atoms with Crippen LogP contribution in [0.3, 0.4) is 0 Å². The largest absolute Gasteiger partial charge is 0.477 e. The number of aliphatic carboxylic acids is 1. The van der Waals surface area contributed by atoms with Gasteiger partial charge in [-0.05, 0) is 103 Å². The summed E-state index contributed by atoms with van der Waals surface area (Å²) in [6, 6.07) is 0. The summed E-state index contributed by atoms with van der Waals surface area (Å²) in [7, 11) is 5.98. The predicted molar refractivity (Wildman–Crippen MR) is 410 cm³/mol. The average molecular weight is 1330 g/mol. The van der Waals surface area contributed by atoms with E-state index >= 15 is 0 Å². The highest BCUT2D eigenvalue weighted by atomic mass is 16.7. The Morgan fingerprint density at radius 2 is 0.600 bits per heavy atom. The second-order valence-corrected chi connectivity index (χ2v) is 28.0. The number of carboxylic acid groups (broad SMARTS) is 1. The molecule has 0 spiro atoms. The van der Waals surface area contributed by atoms with Crippen LogP contribution in [0.25, 0.3) is 0 Å². The van der Waals surface area contributed by atoms with Gasteiger partial charge in [0.1, 0.15) is 13.2 Å². The Labute approximate surface area is 587 Å². The summed E-state index contributed by atoms with van der Waals surface area (Å²) in [5.74, 6) is -2.02. The third-order valence-electron chi connectivity index (χ3n) is 17.5. The highest BCUT2D eigenvalue weighted by molar-refractivity contribution is 5.71. The average Bonchev–Trinajstić information content (AvgIpc) is 3.24. The molecule has 2 atom stereocenters. The van der Waals surface area contributed by atoms with E-state index in [1.54, 1.807) is 0 Å². The molecule has 0 aliphatic rings. The summed E-state index contributed by atoms with van der Waals surface area (Å²) < 4.78 is 23.0. The molecule has 0 aromatic rings. The molecule has 0 aromatic heterocycles. The van der Waals surface area contributed by atoms with Crippen molar-refractivity contribution in [3.05, 3.63) is 109 Å². The Morgan fingerprint density at radius 3 is 0.905 bits per heavy atom. The van der Waals surface area contributed by atoms with E-state index in [1.807, 2.05) is 21.1 Å². The molecule has 0 saturated heterocycles. The van der Waals surface area contributed by atoms with Gasteiger partial charge >= 0.3 is 17.9 Å². The molecule has 0 rings (SSSR count). The number of carboxylic acids is 1. The zero-order valence-corrected chi connectivity index (χ0v) is 62.8. The molecule has 0 amide bonds. The van der Waals surface area contributed by atoms with Gasteiger partial charge in [-0.1, -0.05) is 354 Å². The first kappa shape index (κ1) is 91.0. The molecule has 1 N–H and O–H groups in total. The van der Waals surface area contributed by atoms with Gasteiger partial charge in [0.25, 0.3) is 6.29 Å². The summed E-state index contributed by atoms with van der Waals surface area (Å²) in [5.41, 5.74) is 0. The number of esters is 2. The summed E-state index contributed by atoms with van der Waals surface area (Å²) in [6.07, 6.45) is 104. The van der Waals surface area contributed by atoms with Crippen molar-refractivity contribution in [1.29, 1.82) is 0 Å². The van der Waals surface area contributed by atoms with E-state index < -0.39 is 24.3 Å². The number of likely N-dealkylation sites (N-methyl/N-ethyl adjacent to an activating group) is 1. The van der Waals surface area contributed by atoms with E-state index in [0.29, 0.717) is 23.9 Å². The van der Waals surface area contributed by atoms with Crippen LogP contribution >= 0.6 is 0 Å². The first-order valence-corrected chi connectivity index (χ1v) is 40.1. The van der Waals surface area contributed by atoms with Crippen molar-refractivity contribution in [2.75, 3.05) is 47.5 Å². The summed E-state index contributed by atoms with van der Waals surface area (Å²) in [4.78, 5) is 37.7. The molecule has 0 saturated carbocycles. The molecule has 9 nitrogen and oxygen atoms in total. The van der Waals surface area contributed by atoms with E-state index in [4.69, 9.17) is 18.9 Å². The number of unbranched alkanes of at least 4 members (excludes halogenated alkanes) is 41. The normalized spacial score (nSPS) is 13.2. The third kappa shape index (κ3) is 77.2.